The van der Waals surface area contributed by atoms with Crippen molar-refractivity contribution < 1.29 is 14.6 Å². The molecule has 0 amide bonds. The lowest BCUT2D eigenvalue weighted by atomic mass is 9.80. The van der Waals surface area contributed by atoms with Gasteiger partial charge in [0, 0.05) is 6.61 Å². The molecule has 1 saturated carbocycles. The van der Waals surface area contributed by atoms with Gasteiger partial charge in [0.2, 0.25) is 0 Å². The van der Waals surface area contributed by atoms with Crippen molar-refractivity contribution in [1.82, 2.24) is 0 Å². The molecule has 1 aliphatic rings. The molecule has 3 nitrogen and oxygen atoms in total. The molecule has 0 heterocycles. The molecule has 0 spiro atoms. The molecule has 1 rings (SSSR count). The monoisotopic (exact) mass is 386 g/mol. The Labute approximate surface area is 171 Å². The lowest BCUT2D eigenvalue weighted by molar-refractivity contribution is -0.179. The van der Waals surface area contributed by atoms with E-state index in [4.69, 9.17) is 4.74 Å². The quantitative estimate of drug-likeness (QED) is 0.231. The number of rotatable bonds is 16. The lowest BCUT2D eigenvalue weighted by Gasteiger charge is -2.37. The molecule has 0 atom stereocenters. The molecule has 0 saturated heterocycles. The molecular formula is C25H38O3. The average Bonchev–Trinajstić information content (AvgIpc) is 2.65. The van der Waals surface area contributed by atoms with Gasteiger partial charge in [-0.25, -0.2) is 4.79 Å². The van der Waals surface area contributed by atoms with Crippen LogP contribution >= 0.6 is 0 Å². The maximum absolute atomic E-state index is 11.2. The lowest BCUT2D eigenvalue weighted by Crippen LogP contribution is -2.47. The van der Waals surface area contributed by atoms with Crippen molar-refractivity contribution in [3.8, 4) is 0 Å². The predicted molar refractivity (Wildman–Crippen MR) is 118 cm³/mol. The molecular weight excluding hydrogens is 348 g/mol. The van der Waals surface area contributed by atoms with E-state index in [1.54, 1.807) is 0 Å². The van der Waals surface area contributed by atoms with E-state index in [0.29, 0.717) is 19.4 Å². The highest BCUT2D eigenvalue weighted by molar-refractivity contribution is 5.78. The summed E-state index contributed by atoms with van der Waals surface area (Å²) in [7, 11) is 0. The van der Waals surface area contributed by atoms with Crippen LogP contribution in [0.1, 0.15) is 77.6 Å². The summed E-state index contributed by atoms with van der Waals surface area (Å²) in [6, 6.07) is 0. The van der Waals surface area contributed by atoms with Crippen LogP contribution in [-0.2, 0) is 9.53 Å². The van der Waals surface area contributed by atoms with Crippen molar-refractivity contribution >= 4 is 5.97 Å². The third-order valence-electron chi connectivity index (χ3n) is 4.85. The van der Waals surface area contributed by atoms with Gasteiger partial charge in [0.05, 0.1) is 0 Å². The summed E-state index contributed by atoms with van der Waals surface area (Å²) in [5.74, 6) is -0.795. The number of carboxylic acids is 1. The summed E-state index contributed by atoms with van der Waals surface area (Å²) < 4.78 is 5.61. The summed E-state index contributed by atoms with van der Waals surface area (Å²) >= 11 is 0. The third-order valence-corrected chi connectivity index (χ3v) is 4.85. The van der Waals surface area contributed by atoms with Crippen molar-refractivity contribution in [3.63, 3.8) is 0 Å². The molecule has 3 heteroatoms. The minimum Gasteiger partial charge on any atom is -0.479 e. The van der Waals surface area contributed by atoms with Crippen LogP contribution in [0.3, 0.4) is 0 Å². The minimum atomic E-state index is -0.864. The van der Waals surface area contributed by atoms with Gasteiger partial charge in [-0.3, -0.25) is 0 Å². The van der Waals surface area contributed by atoms with Gasteiger partial charge in [0.25, 0.3) is 0 Å². The Kier molecular flexibility index (Phi) is 13.9. The van der Waals surface area contributed by atoms with Gasteiger partial charge in [-0.05, 0) is 70.6 Å². The van der Waals surface area contributed by atoms with Crippen molar-refractivity contribution in [2.45, 2.75) is 83.2 Å². The predicted octanol–water partition coefficient (Wildman–Crippen LogP) is 6.93. The Bertz CT molecular complexity index is 548. The molecule has 0 aliphatic heterocycles. The number of hydrogen-bond donors (Lipinski definition) is 1. The topological polar surface area (TPSA) is 46.5 Å². The summed E-state index contributed by atoms with van der Waals surface area (Å²) in [5.41, 5.74) is -0.864. The van der Waals surface area contributed by atoms with Crippen LogP contribution in [0, 0.1) is 0 Å². The number of aliphatic carboxylic acids is 1. The van der Waals surface area contributed by atoms with E-state index in [1.165, 1.54) is 0 Å². The molecule has 156 valence electrons. The molecule has 0 bridgehead atoms. The minimum absolute atomic E-state index is 0.553. The van der Waals surface area contributed by atoms with Crippen LogP contribution in [-0.4, -0.2) is 23.3 Å². The maximum atomic E-state index is 11.2. The van der Waals surface area contributed by atoms with E-state index in [1.807, 2.05) is 0 Å². The first-order valence-electron chi connectivity index (χ1n) is 10.8. The third kappa shape index (κ3) is 11.1. The largest absolute Gasteiger partial charge is 0.479 e. The van der Waals surface area contributed by atoms with Crippen LogP contribution in [0.25, 0.3) is 0 Å². The van der Waals surface area contributed by atoms with E-state index < -0.39 is 11.6 Å². The van der Waals surface area contributed by atoms with E-state index in [2.05, 4.69) is 67.7 Å². The first-order valence-corrected chi connectivity index (χ1v) is 10.8. The van der Waals surface area contributed by atoms with Crippen LogP contribution in [0.4, 0.5) is 0 Å². The fourth-order valence-corrected chi connectivity index (χ4v) is 2.92. The van der Waals surface area contributed by atoms with Gasteiger partial charge >= 0.3 is 5.97 Å². The summed E-state index contributed by atoms with van der Waals surface area (Å²) in [6.45, 7) is 2.70. The van der Waals surface area contributed by atoms with E-state index in [9.17, 15) is 9.90 Å². The Morgan fingerprint density at radius 2 is 1.32 bits per heavy atom. The molecule has 1 N–H and O–H groups in total. The Morgan fingerprint density at radius 3 is 1.75 bits per heavy atom. The standard InChI is InChI=1S/C25H38O3/c1-2-3-4-5-6-7-8-9-10-11-12-13-14-15-16-17-18-19-23-28-25(24(26)27)21-20-22-25/h3-4,6-7,9-10,12-13,15-16H,2,5,8,11,14,17-23H2,1H3,(H,26,27)/b4-3-,7-6-,10-9-,13-12-,16-15-. The zero-order chi connectivity index (χ0) is 20.3. The highest BCUT2D eigenvalue weighted by Gasteiger charge is 2.45. The first-order chi connectivity index (χ1) is 13.7. The van der Waals surface area contributed by atoms with Gasteiger partial charge in [-0.2, -0.15) is 0 Å². The molecule has 28 heavy (non-hydrogen) atoms. The second-order valence-electron chi connectivity index (χ2n) is 7.21. The number of unbranched alkanes of at least 4 members (excludes halogenated alkanes) is 2. The van der Waals surface area contributed by atoms with Crippen LogP contribution in [0.5, 0.6) is 0 Å². The molecule has 0 aromatic carbocycles. The van der Waals surface area contributed by atoms with Gasteiger partial charge in [-0.1, -0.05) is 67.7 Å². The highest BCUT2D eigenvalue weighted by Crippen LogP contribution is 2.35. The van der Waals surface area contributed by atoms with E-state index >= 15 is 0 Å². The maximum Gasteiger partial charge on any atom is 0.335 e. The van der Waals surface area contributed by atoms with Crippen molar-refractivity contribution in [2.75, 3.05) is 6.61 Å². The summed E-state index contributed by atoms with van der Waals surface area (Å²) in [6.07, 6.45) is 32.4. The Morgan fingerprint density at radius 1 is 0.821 bits per heavy atom. The van der Waals surface area contributed by atoms with E-state index in [-0.39, 0.29) is 0 Å². The zero-order valence-corrected chi connectivity index (χ0v) is 17.5. The Balaban J connectivity index is 1.92. The summed E-state index contributed by atoms with van der Waals surface area (Å²) in [5, 5.41) is 9.18. The van der Waals surface area contributed by atoms with Gasteiger partial charge in [-0.15, -0.1) is 0 Å². The smallest absolute Gasteiger partial charge is 0.335 e. The highest BCUT2D eigenvalue weighted by atomic mass is 16.5. The molecule has 0 unspecified atom stereocenters. The van der Waals surface area contributed by atoms with Crippen molar-refractivity contribution in [3.05, 3.63) is 60.8 Å². The fourth-order valence-electron chi connectivity index (χ4n) is 2.92. The fraction of sp³-hybridized carbons (Fsp3) is 0.560. The average molecular weight is 387 g/mol. The Hall–Kier alpha value is -1.87. The first kappa shape index (κ1) is 24.2. The molecule has 0 aromatic heterocycles. The van der Waals surface area contributed by atoms with Gasteiger partial charge in [0.15, 0.2) is 5.60 Å². The molecule has 0 radical (unpaired) electrons. The number of hydrogen-bond acceptors (Lipinski definition) is 2. The molecule has 1 fully saturated rings. The summed E-state index contributed by atoms with van der Waals surface area (Å²) in [4.78, 5) is 11.2. The van der Waals surface area contributed by atoms with Crippen molar-refractivity contribution in [2.24, 2.45) is 0 Å². The number of carboxylic acid groups (broad SMARTS) is 1. The SMILES string of the molecule is CC/C=C\C/C=C\C/C=C\C/C=C\C/C=C\CCCCOC1(C(=O)O)CCC1. The van der Waals surface area contributed by atoms with E-state index in [0.717, 1.165) is 57.8 Å². The normalized spacial score (nSPS) is 16.9. The van der Waals surface area contributed by atoms with Crippen LogP contribution in [0.15, 0.2) is 60.8 Å². The molecule has 1 aliphatic carbocycles. The van der Waals surface area contributed by atoms with Crippen molar-refractivity contribution in [1.29, 1.82) is 0 Å². The zero-order valence-electron chi connectivity index (χ0n) is 17.5. The molecule has 0 aromatic rings. The number of ether oxygens (including phenoxy) is 1. The van der Waals surface area contributed by atoms with Crippen LogP contribution < -0.4 is 0 Å². The number of carbonyl (C=O) groups is 1. The van der Waals surface area contributed by atoms with Crippen LogP contribution in [0.2, 0.25) is 0 Å². The number of allylic oxidation sites excluding steroid dienone is 10. The second-order valence-corrected chi connectivity index (χ2v) is 7.21. The van der Waals surface area contributed by atoms with Gasteiger partial charge < -0.3 is 9.84 Å². The van der Waals surface area contributed by atoms with Gasteiger partial charge in [0.1, 0.15) is 0 Å². The second kappa shape index (κ2) is 16.1.